The van der Waals surface area contributed by atoms with Crippen molar-refractivity contribution in [3.8, 4) is 5.75 Å². The predicted octanol–water partition coefficient (Wildman–Crippen LogP) is 4.39. The second-order valence-electron chi connectivity index (χ2n) is 6.36. The Hall–Kier alpha value is -2.58. The summed E-state index contributed by atoms with van der Waals surface area (Å²) >= 11 is 2.79. The Bertz CT molecular complexity index is 1030. The first kappa shape index (κ1) is 18.8. The summed E-state index contributed by atoms with van der Waals surface area (Å²) in [6.45, 7) is 2.60. The summed E-state index contributed by atoms with van der Waals surface area (Å²) in [5.41, 5.74) is 3.05. The molecule has 8 heteroatoms. The maximum absolute atomic E-state index is 11.5. The van der Waals surface area contributed by atoms with Gasteiger partial charge < -0.3 is 15.4 Å². The summed E-state index contributed by atoms with van der Waals surface area (Å²) in [4.78, 5) is 20.5. The third kappa shape index (κ3) is 4.13. The van der Waals surface area contributed by atoms with E-state index in [0.29, 0.717) is 5.17 Å². The molecule has 144 valence electrons. The number of anilines is 2. The summed E-state index contributed by atoms with van der Waals surface area (Å²) in [7, 11) is 1.66. The van der Waals surface area contributed by atoms with Gasteiger partial charge in [0.05, 0.1) is 11.8 Å². The highest BCUT2D eigenvalue weighted by molar-refractivity contribution is 8.27. The van der Waals surface area contributed by atoms with Gasteiger partial charge in [-0.05, 0) is 54.9 Å². The second kappa shape index (κ2) is 8.20. The highest BCUT2D eigenvalue weighted by atomic mass is 32.2. The van der Waals surface area contributed by atoms with E-state index in [1.807, 2.05) is 37.3 Å². The minimum absolute atomic E-state index is 0.0812. The zero-order valence-electron chi connectivity index (χ0n) is 15.6. The lowest BCUT2D eigenvalue weighted by Crippen LogP contribution is -2.06. The van der Waals surface area contributed by atoms with Crippen LogP contribution in [-0.2, 0) is 11.2 Å². The van der Waals surface area contributed by atoms with Crippen molar-refractivity contribution in [2.75, 3.05) is 24.3 Å². The standard InChI is InChI=1S/C20H20N4O2S2/c1-12-18(25)28-20(22-12)23-14-8-6-13(7-9-14)10-11-21-19-24-17-15(26-2)4-3-5-16(17)27-19/h3-9,12H,10-11H2,1-2H3,(H,21,24)(H,22,23)/t12-/m0/s1. The molecule has 1 aromatic heterocycles. The van der Waals surface area contributed by atoms with Crippen LogP contribution >= 0.6 is 23.1 Å². The Morgan fingerprint density at radius 2 is 2.00 bits per heavy atom. The average molecular weight is 413 g/mol. The quantitative estimate of drug-likeness (QED) is 0.625. The number of thioether (sulfide) groups is 1. The minimum Gasteiger partial charge on any atom is -0.494 e. The molecule has 2 heterocycles. The first-order valence-corrected chi connectivity index (χ1v) is 10.6. The van der Waals surface area contributed by atoms with Crippen molar-refractivity contribution in [1.82, 2.24) is 4.98 Å². The molecule has 1 aliphatic heterocycles. The lowest BCUT2D eigenvalue weighted by molar-refractivity contribution is -0.111. The number of nitrogens with one attached hydrogen (secondary N) is 2. The fraction of sp³-hybridized carbons (Fsp3) is 0.250. The van der Waals surface area contributed by atoms with Gasteiger partial charge in [-0.25, -0.2) is 9.98 Å². The van der Waals surface area contributed by atoms with Crippen molar-refractivity contribution in [1.29, 1.82) is 0 Å². The normalized spacial score (nSPS) is 16.3. The van der Waals surface area contributed by atoms with Crippen molar-refractivity contribution < 1.29 is 9.53 Å². The molecule has 1 atom stereocenters. The number of methoxy groups -OCH3 is 1. The Labute approximate surface area is 171 Å². The minimum atomic E-state index is -0.264. The molecule has 28 heavy (non-hydrogen) atoms. The number of fused-ring (bicyclic) bond motifs is 1. The maximum atomic E-state index is 11.5. The van der Waals surface area contributed by atoms with Crippen LogP contribution in [0.3, 0.4) is 0 Å². The molecule has 3 aromatic rings. The number of thiazole rings is 1. The van der Waals surface area contributed by atoms with Crippen LogP contribution < -0.4 is 15.4 Å². The largest absolute Gasteiger partial charge is 0.494 e. The number of ether oxygens (including phenoxy) is 1. The lowest BCUT2D eigenvalue weighted by Gasteiger charge is -2.07. The van der Waals surface area contributed by atoms with Gasteiger partial charge >= 0.3 is 0 Å². The van der Waals surface area contributed by atoms with E-state index in [1.165, 1.54) is 5.56 Å². The third-order valence-corrected chi connectivity index (χ3v) is 6.27. The van der Waals surface area contributed by atoms with E-state index < -0.39 is 0 Å². The Morgan fingerprint density at radius 1 is 1.18 bits per heavy atom. The van der Waals surface area contributed by atoms with Gasteiger partial charge in [0.2, 0.25) is 5.12 Å². The molecule has 0 amide bonds. The van der Waals surface area contributed by atoms with E-state index in [-0.39, 0.29) is 11.2 Å². The molecule has 0 aliphatic carbocycles. The number of nitrogens with zero attached hydrogens (tertiary/aromatic N) is 2. The van der Waals surface area contributed by atoms with Gasteiger partial charge in [0.25, 0.3) is 0 Å². The molecular formula is C20H20N4O2S2. The van der Waals surface area contributed by atoms with Crippen LogP contribution in [0, 0.1) is 0 Å². The van der Waals surface area contributed by atoms with E-state index >= 15 is 0 Å². The van der Waals surface area contributed by atoms with Crippen molar-refractivity contribution in [2.24, 2.45) is 4.99 Å². The number of hydrogen-bond acceptors (Lipinski definition) is 8. The van der Waals surface area contributed by atoms with Crippen LogP contribution in [0.2, 0.25) is 0 Å². The molecule has 0 saturated heterocycles. The van der Waals surface area contributed by atoms with Gasteiger partial charge in [-0.3, -0.25) is 4.79 Å². The molecule has 1 aliphatic rings. The van der Waals surface area contributed by atoms with E-state index in [2.05, 4.69) is 32.7 Å². The molecule has 6 nitrogen and oxygen atoms in total. The molecule has 0 spiro atoms. The fourth-order valence-electron chi connectivity index (χ4n) is 2.85. The summed E-state index contributed by atoms with van der Waals surface area (Å²) in [5.74, 6) is 0.797. The van der Waals surface area contributed by atoms with E-state index in [0.717, 1.165) is 51.5 Å². The van der Waals surface area contributed by atoms with Gasteiger partial charge in [-0.1, -0.05) is 29.5 Å². The molecular weight excluding hydrogens is 392 g/mol. The number of amidine groups is 1. The van der Waals surface area contributed by atoms with E-state index in [4.69, 9.17) is 4.74 Å². The van der Waals surface area contributed by atoms with Crippen molar-refractivity contribution in [2.45, 2.75) is 19.4 Å². The number of aromatic nitrogens is 1. The van der Waals surface area contributed by atoms with Gasteiger partial charge in [-0.2, -0.15) is 0 Å². The molecule has 0 fully saturated rings. The van der Waals surface area contributed by atoms with E-state index in [9.17, 15) is 4.79 Å². The number of rotatable bonds is 6. The van der Waals surface area contributed by atoms with Crippen LogP contribution in [-0.4, -0.2) is 35.0 Å². The van der Waals surface area contributed by atoms with Crippen molar-refractivity contribution in [3.05, 3.63) is 48.0 Å². The smallest absolute Gasteiger partial charge is 0.220 e. The first-order valence-electron chi connectivity index (χ1n) is 8.95. The number of carbonyl (C=O) groups is 1. The molecule has 0 saturated carbocycles. The SMILES string of the molecule is COc1cccc2sc(NCCc3ccc(NC4=N[C@@H](C)C(=O)S4)cc3)nc12. The third-order valence-electron chi connectivity index (χ3n) is 4.35. The maximum Gasteiger partial charge on any atom is 0.220 e. The molecule has 0 unspecified atom stereocenters. The topological polar surface area (TPSA) is 75.6 Å². The zero-order valence-corrected chi connectivity index (χ0v) is 17.2. The molecule has 0 bridgehead atoms. The van der Waals surface area contributed by atoms with Crippen LogP contribution in [0.25, 0.3) is 10.2 Å². The lowest BCUT2D eigenvalue weighted by atomic mass is 10.1. The second-order valence-corrected chi connectivity index (χ2v) is 8.38. The first-order chi connectivity index (χ1) is 13.6. The molecule has 2 N–H and O–H groups in total. The highest BCUT2D eigenvalue weighted by Crippen LogP contribution is 2.32. The number of aliphatic imine (C=N–C) groups is 1. The number of benzene rings is 2. The summed E-state index contributed by atoms with van der Waals surface area (Å²) in [6.07, 6.45) is 0.887. The predicted molar refractivity (Wildman–Crippen MR) is 118 cm³/mol. The van der Waals surface area contributed by atoms with Crippen LogP contribution in [0.1, 0.15) is 12.5 Å². The van der Waals surface area contributed by atoms with Crippen LogP contribution in [0.15, 0.2) is 47.5 Å². The fourth-order valence-corrected chi connectivity index (χ4v) is 4.55. The number of hydrogen-bond donors (Lipinski definition) is 2. The monoisotopic (exact) mass is 412 g/mol. The van der Waals surface area contributed by atoms with Gasteiger partial charge in [0.1, 0.15) is 17.3 Å². The highest BCUT2D eigenvalue weighted by Gasteiger charge is 2.23. The Balaban J connectivity index is 1.32. The van der Waals surface area contributed by atoms with Crippen molar-refractivity contribution in [3.63, 3.8) is 0 Å². The van der Waals surface area contributed by atoms with Crippen LogP contribution in [0.5, 0.6) is 5.75 Å². The van der Waals surface area contributed by atoms with Crippen molar-refractivity contribution >= 4 is 54.4 Å². The Morgan fingerprint density at radius 3 is 2.71 bits per heavy atom. The number of para-hydroxylation sites is 1. The summed E-state index contributed by atoms with van der Waals surface area (Å²) in [6, 6.07) is 13.9. The van der Waals surface area contributed by atoms with Gasteiger partial charge in [0, 0.05) is 12.2 Å². The zero-order chi connectivity index (χ0) is 19.5. The van der Waals surface area contributed by atoms with E-state index in [1.54, 1.807) is 18.4 Å². The summed E-state index contributed by atoms with van der Waals surface area (Å²) in [5, 5.41) is 8.23. The Kier molecular flexibility index (Phi) is 5.50. The number of carbonyl (C=O) groups excluding carboxylic acids is 1. The average Bonchev–Trinajstić information content (AvgIpc) is 3.25. The van der Waals surface area contributed by atoms with Crippen LogP contribution in [0.4, 0.5) is 10.8 Å². The molecule has 4 rings (SSSR count). The summed E-state index contributed by atoms with van der Waals surface area (Å²) < 4.78 is 6.48. The molecule has 0 radical (unpaired) electrons. The molecule has 2 aromatic carbocycles. The van der Waals surface area contributed by atoms with Gasteiger partial charge in [0.15, 0.2) is 10.3 Å². The van der Waals surface area contributed by atoms with Gasteiger partial charge in [-0.15, -0.1) is 0 Å².